The van der Waals surface area contributed by atoms with E-state index in [1.54, 1.807) is 0 Å². The van der Waals surface area contributed by atoms with Gasteiger partial charge in [-0.25, -0.2) is 5.01 Å². The van der Waals surface area contributed by atoms with Crippen molar-refractivity contribution in [2.24, 2.45) is 0 Å². The lowest BCUT2D eigenvalue weighted by Gasteiger charge is -2.52. The molecule has 4 heteroatoms. The van der Waals surface area contributed by atoms with Crippen molar-refractivity contribution in [3.63, 3.8) is 0 Å². The van der Waals surface area contributed by atoms with E-state index in [0.29, 0.717) is 6.17 Å². The lowest BCUT2D eigenvalue weighted by molar-refractivity contribution is -0.149. The van der Waals surface area contributed by atoms with Gasteiger partial charge in [-0.2, -0.15) is 0 Å². The van der Waals surface area contributed by atoms with Crippen molar-refractivity contribution in [1.29, 1.82) is 0 Å². The van der Waals surface area contributed by atoms with E-state index in [-0.39, 0.29) is 11.4 Å². The number of carbonyl (C=O) groups is 1. The number of fused-ring (bicyclic) bond motifs is 1. The van der Waals surface area contributed by atoms with Gasteiger partial charge < -0.3 is 0 Å². The van der Waals surface area contributed by atoms with E-state index in [1.807, 2.05) is 0 Å². The topological polar surface area (TPSA) is 44.4 Å². The third-order valence-corrected chi connectivity index (χ3v) is 3.83. The second-order valence-corrected chi connectivity index (χ2v) is 4.73. The number of nitrogens with one attached hydrogen (secondary N) is 2. The minimum absolute atomic E-state index is 0.196. The van der Waals surface area contributed by atoms with E-state index in [0.717, 1.165) is 19.4 Å². The van der Waals surface area contributed by atoms with Crippen LogP contribution in [0.4, 0.5) is 0 Å². The highest BCUT2D eigenvalue weighted by Gasteiger charge is 2.50. The summed E-state index contributed by atoms with van der Waals surface area (Å²) in [6.45, 7) is 0.999. The molecule has 1 atom stereocenters. The number of rotatable bonds is 0. The van der Waals surface area contributed by atoms with Crippen LogP contribution in [-0.4, -0.2) is 29.2 Å². The molecular formula is C10H17N3O. The van der Waals surface area contributed by atoms with Crippen molar-refractivity contribution in [3.8, 4) is 0 Å². The Bertz CT molecular complexity index is 262. The van der Waals surface area contributed by atoms with Crippen LogP contribution in [0.5, 0.6) is 0 Å². The highest BCUT2D eigenvalue weighted by Crippen LogP contribution is 2.35. The Morgan fingerprint density at radius 1 is 1.29 bits per heavy atom. The smallest absolute Gasteiger partial charge is 0.254 e. The van der Waals surface area contributed by atoms with Gasteiger partial charge >= 0.3 is 0 Å². The summed E-state index contributed by atoms with van der Waals surface area (Å²) in [6, 6.07) is 0. The number of nitrogens with zero attached hydrogens (tertiary/aromatic N) is 1. The van der Waals surface area contributed by atoms with Crippen LogP contribution in [-0.2, 0) is 4.79 Å². The maximum absolute atomic E-state index is 11.8. The van der Waals surface area contributed by atoms with Gasteiger partial charge in [0.2, 0.25) is 0 Å². The molecule has 0 aromatic heterocycles. The Labute approximate surface area is 84.0 Å². The largest absolute Gasteiger partial charge is 0.286 e. The average molecular weight is 195 g/mol. The van der Waals surface area contributed by atoms with E-state index in [1.165, 1.54) is 25.7 Å². The van der Waals surface area contributed by atoms with Gasteiger partial charge in [-0.15, -0.1) is 0 Å². The SMILES string of the molecule is O=C1NN2CCCCC2NC12CCC2. The molecule has 4 nitrogen and oxygen atoms in total. The third kappa shape index (κ3) is 1.10. The first-order valence-electron chi connectivity index (χ1n) is 5.66. The standard InChI is InChI=1S/C10H17N3O/c14-9-10(5-3-6-10)11-8-4-1-2-7-13(8)12-9/h8,11H,1-7H2,(H,12,14). The summed E-state index contributed by atoms with van der Waals surface area (Å²) in [5.74, 6) is 0.196. The summed E-state index contributed by atoms with van der Waals surface area (Å²) in [4.78, 5) is 11.8. The number of hydrogen-bond acceptors (Lipinski definition) is 3. The normalized spacial score (nSPS) is 36.0. The first-order valence-corrected chi connectivity index (χ1v) is 5.66. The van der Waals surface area contributed by atoms with Crippen molar-refractivity contribution < 1.29 is 4.79 Å². The maximum Gasteiger partial charge on any atom is 0.254 e. The van der Waals surface area contributed by atoms with Gasteiger partial charge in [0.05, 0.1) is 6.17 Å². The number of piperidine rings is 1. The Morgan fingerprint density at radius 2 is 2.14 bits per heavy atom. The molecule has 14 heavy (non-hydrogen) atoms. The minimum atomic E-state index is -0.196. The third-order valence-electron chi connectivity index (χ3n) is 3.83. The second-order valence-electron chi connectivity index (χ2n) is 4.73. The Balaban J connectivity index is 1.78. The number of amides is 1. The van der Waals surface area contributed by atoms with Crippen LogP contribution in [0, 0.1) is 0 Å². The first-order chi connectivity index (χ1) is 6.80. The van der Waals surface area contributed by atoms with Crippen LogP contribution >= 0.6 is 0 Å². The first kappa shape index (κ1) is 8.68. The Kier molecular flexibility index (Phi) is 1.82. The van der Waals surface area contributed by atoms with Gasteiger partial charge in [0.1, 0.15) is 5.54 Å². The molecule has 3 aliphatic rings. The van der Waals surface area contributed by atoms with Crippen LogP contribution in [0.3, 0.4) is 0 Å². The summed E-state index contributed by atoms with van der Waals surface area (Å²) in [5.41, 5.74) is 2.85. The van der Waals surface area contributed by atoms with E-state index >= 15 is 0 Å². The fourth-order valence-electron chi connectivity index (χ4n) is 2.74. The van der Waals surface area contributed by atoms with Crippen molar-refractivity contribution >= 4 is 5.91 Å². The van der Waals surface area contributed by atoms with Crippen molar-refractivity contribution in [2.45, 2.75) is 50.2 Å². The number of hydrazine groups is 1. The maximum atomic E-state index is 11.8. The molecule has 0 aromatic rings. The fourth-order valence-corrected chi connectivity index (χ4v) is 2.74. The monoisotopic (exact) mass is 195 g/mol. The molecule has 1 aliphatic carbocycles. The zero-order chi connectivity index (χ0) is 9.60. The molecule has 3 fully saturated rings. The Morgan fingerprint density at radius 3 is 2.86 bits per heavy atom. The van der Waals surface area contributed by atoms with Gasteiger partial charge in [-0.05, 0) is 38.5 Å². The predicted molar refractivity (Wildman–Crippen MR) is 52.2 cm³/mol. The molecule has 2 aliphatic heterocycles. The lowest BCUT2D eigenvalue weighted by Crippen LogP contribution is -2.75. The van der Waals surface area contributed by atoms with Crippen LogP contribution in [0.15, 0.2) is 0 Å². The molecule has 0 aromatic carbocycles. The fraction of sp³-hybridized carbons (Fsp3) is 0.900. The number of hydrogen-bond donors (Lipinski definition) is 2. The molecule has 0 radical (unpaired) electrons. The molecule has 1 amide bonds. The van der Waals surface area contributed by atoms with Gasteiger partial charge in [0.25, 0.3) is 5.91 Å². The molecule has 1 saturated carbocycles. The van der Waals surface area contributed by atoms with Gasteiger partial charge in [-0.3, -0.25) is 15.5 Å². The zero-order valence-corrected chi connectivity index (χ0v) is 8.38. The summed E-state index contributed by atoms with van der Waals surface area (Å²) >= 11 is 0. The predicted octanol–water partition coefficient (Wildman–Crippen LogP) is 0.355. The van der Waals surface area contributed by atoms with Crippen molar-refractivity contribution in [1.82, 2.24) is 15.8 Å². The molecule has 78 valence electrons. The van der Waals surface area contributed by atoms with Crippen LogP contribution in [0.25, 0.3) is 0 Å². The molecule has 2 saturated heterocycles. The van der Waals surface area contributed by atoms with Crippen molar-refractivity contribution in [3.05, 3.63) is 0 Å². The quantitative estimate of drug-likeness (QED) is 0.586. The zero-order valence-electron chi connectivity index (χ0n) is 8.38. The minimum Gasteiger partial charge on any atom is -0.286 e. The van der Waals surface area contributed by atoms with E-state index in [2.05, 4.69) is 15.8 Å². The van der Waals surface area contributed by atoms with Crippen LogP contribution in [0.2, 0.25) is 0 Å². The van der Waals surface area contributed by atoms with E-state index < -0.39 is 0 Å². The lowest BCUT2D eigenvalue weighted by atomic mass is 9.75. The highest BCUT2D eigenvalue weighted by molar-refractivity contribution is 5.87. The molecule has 1 spiro atoms. The van der Waals surface area contributed by atoms with Crippen molar-refractivity contribution in [2.75, 3.05) is 6.54 Å². The molecule has 3 rings (SSSR count). The van der Waals surface area contributed by atoms with E-state index in [9.17, 15) is 4.79 Å². The number of carbonyl (C=O) groups excluding carboxylic acids is 1. The molecule has 2 heterocycles. The van der Waals surface area contributed by atoms with Crippen LogP contribution < -0.4 is 10.7 Å². The van der Waals surface area contributed by atoms with Gasteiger partial charge in [0, 0.05) is 6.54 Å². The molecule has 0 bridgehead atoms. The Hall–Kier alpha value is -0.610. The van der Waals surface area contributed by atoms with Gasteiger partial charge in [0.15, 0.2) is 0 Å². The van der Waals surface area contributed by atoms with E-state index in [4.69, 9.17) is 0 Å². The molecule has 1 unspecified atom stereocenters. The summed E-state index contributed by atoms with van der Waals surface area (Å²) in [7, 11) is 0. The highest BCUT2D eigenvalue weighted by atomic mass is 16.2. The summed E-state index contributed by atoms with van der Waals surface area (Å²) < 4.78 is 0. The van der Waals surface area contributed by atoms with Gasteiger partial charge in [-0.1, -0.05) is 0 Å². The summed E-state index contributed by atoms with van der Waals surface area (Å²) in [5, 5.41) is 5.61. The second kappa shape index (κ2) is 2.94. The molecular weight excluding hydrogens is 178 g/mol. The molecule has 2 N–H and O–H groups in total. The average Bonchev–Trinajstić information content (AvgIpc) is 2.14. The van der Waals surface area contributed by atoms with Crippen LogP contribution in [0.1, 0.15) is 38.5 Å². The summed E-state index contributed by atoms with van der Waals surface area (Å²) in [6.07, 6.45) is 7.26.